The molecule has 0 aromatic heterocycles. The summed E-state index contributed by atoms with van der Waals surface area (Å²) < 4.78 is 0. The van der Waals surface area contributed by atoms with Crippen LogP contribution in [0, 0.1) is 0 Å². The molecular weight excluding hydrogens is 187 g/mol. The standard InChI is InChI=1S/C13H17P/c1-2-4-12(5-3-1)13-6-9-14(10-7-13)11-8-13/h1-5H,6-11H2. The molecule has 3 aliphatic heterocycles. The zero-order chi connectivity index (χ0) is 9.43. The normalized spacial score (nSPS) is 35.9. The number of hydrogen-bond acceptors (Lipinski definition) is 0. The highest BCUT2D eigenvalue weighted by atomic mass is 31.1. The van der Waals surface area contributed by atoms with Crippen LogP contribution in [-0.2, 0) is 5.41 Å². The van der Waals surface area contributed by atoms with E-state index in [1.807, 2.05) is 0 Å². The van der Waals surface area contributed by atoms with Crippen molar-refractivity contribution in [2.24, 2.45) is 0 Å². The zero-order valence-electron chi connectivity index (χ0n) is 8.58. The molecule has 14 heavy (non-hydrogen) atoms. The molecule has 0 aliphatic carbocycles. The molecule has 1 heteroatoms. The number of fused-ring (bicyclic) bond motifs is 3. The van der Waals surface area contributed by atoms with Crippen molar-refractivity contribution in [3.05, 3.63) is 35.9 Å². The van der Waals surface area contributed by atoms with Crippen LogP contribution < -0.4 is 0 Å². The van der Waals surface area contributed by atoms with Crippen molar-refractivity contribution in [1.29, 1.82) is 0 Å². The predicted octanol–water partition coefficient (Wildman–Crippen LogP) is 3.60. The first kappa shape index (κ1) is 8.92. The van der Waals surface area contributed by atoms with Gasteiger partial charge in [0.1, 0.15) is 0 Å². The topological polar surface area (TPSA) is 0 Å². The van der Waals surface area contributed by atoms with E-state index in [2.05, 4.69) is 30.3 Å². The first-order chi connectivity index (χ1) is 6.89. The third kappa shape index (κ3) is 1.32. The first-order valence-electron chi connectivity index (χ1n) is 5.67. The molecule has 0 saturated carbocycles. The smallest absolute Gasteiger partial charge is 0.00369 e. The summed E-state index contributed by atoms with van der Waals surface area (Å²) in [7, 11) is 0.474. The Kier molecular flexibility index (Phi) is 2.13. The van der Waals surface area contributed by atoms with Gasteiger partial charge >= 0.3 is 0 Å². The lowest BCUT2D eigenvalue weighted by molar-refractivity contribution is 0.360. The van der Waals surface area contributed by atoms with Gasteiger partial charge in [0, 0.05) is 0 Å². The summed E-state index contributed by atoms with van der Waals surface area (Å²) in [5.74, 6) is 0. The minimum absolute atomic E-state index is 0.474. The highest BCUT2D eigenvalue weighted by molar-refractivity contribution is 7.57. The van der Waals surface area contributed by atoms with E-state index in [0.29, 0.717) is 13.3 Å². The van der Waals surface area contributed by atoms with E-state index in [1.165, 1.54) is 19.3 Å². The van der Waals surface area contributed by atoms with Crippen LogP contribution in [0.15, 0.2) is 30.3 Å². The predicted molar refractivity (Wildman–Crippen MR) is 63.5 cm³/mol. The fourth-order valence-corrected chi connectivity index (χ4v) is 5.96. The molecule has 4 rings (SSSR count). The van der Waals surface area contributed by atoms with E-state index in [0.717, 1.165) is 0 Å². The van der Waals surface area contributed by atoms with Crippen molar-refractivity contribution < 1.29 is 0 Å². The fourth-order valence-electron chi connectivity index (χ4n) is 3.05. The quantitative estimate of drug-likeness (QED) is 0.613. The maximum absolute atomic E-state index is 2.35. The highest BCUT2D eigenvalue weighted by Crippen LogP contribution is 2.57. The Hall–Kier alpha value is -0.350. The van der Waals surface area contributed by atoms with E-state index in [1.54, 1.807) is 24.0 Å². The lowest BCUT2D eigenvalue weighted by atomic mass is 9.73. The van der Waals surface area contributed by atoms with Gasteiger partial charge in [0.25, 0.3) is 0 Å². The largest absolute Gasteiger partial charge is 0.107 e. The minimum Gasteiger partial charge on any atom is -0.107 e. The third-order valence-electron chi connectivity index (χ3n) is 4.11. The lowest BCUT2D eigenvalue weighted by Gasteiger charge is -2.47. The number of rotatable bonds is 1. The van der Waals surface area contributed by atoms with Gasteiger partial charge in [-0.1, -0.05) is 30.3 Å². The Bertz CT molecular complexity index is 295. The molecule has 3 heterocycles. The van der Waals surface area contributed by atoms with Crippen molar-refractivity contribution in [1.82, 2.24) is 0 Å². The van der Waals surface area contributed by atoms with Gasteiger partial charge in [-0.05, 0) is 48.7 Å². The van der Waals surface area contributed by atoms with Crippen LogP contribution in [0.2, 0.25) is 0 Å². The van der Waals surface area contributed by atoms with Gasteiger partial charge in [0.05, 0.1) is 0 Å². The second-order valence-corrected chi connectivity index (χ2v) is 7.42. The molecule has 0 nitrogen and oxygen atoms in total. The number of benzene rings is 1. The molecule has 1 aromatic carbocycles. The Morgan fingerprint density at radius 1 is 0.857 bits per heavy atom. The van der Waals surface area contributed by atoms with Gasteiger partial charge in [0.2, 0.25) is 0 Å². The summed E-state index contributed by atoms with van der Waals surface area (Å²) >= 11 is 0. The molecule has 3 aliphatic rings. The first-order valence-corrected chi connectivity index (χ1v) is 7.57. The molecule has 3 saturated heterocycles. The fraction of sp³-hybridized carbons (Fsp3) is 0.538. The monoisotopic (exact) mass is 204 g/mol. The maximum Gasteiger partial charge on any atom is -0.00369 e. The summed E-state index contributed by atoms with van der Waals surface area (Å²) in [6.07, 6.45) is 9.06. The second kappa shape index (κ2) is 3.35. The average Bonchev–Trinajstić information content (AvgIpc) is 2.33. The van der Waals surface area contributed by atoms with Crippen LogP contribution in [0.5, 0.6) is 0 Å². The van der Waals surface area contributed by atoms with Crippen LogP contribution in [0.4, 0.5) is 0 Å². The average molecular weight is 204 g/mol. The second-order valence-electron chi connectivity index (χ2n) is 4.74. The van der Waals surface area contributed by atoms with Gasteiger partial charge in [-0.15, -0.1) is 7.92 Å². The van der Waals surface area contributed by atoms with Gasteiger partial charge in [-0.2, -0.15) is 0 Å². The highest BCUT2D eigenvalue weighted by Gasteiger charge is 2.40. The van der Waals surface area contributed by atoms with Crippen molar-refractivity contribution in [2.75, 3.05) is 18.5 Å². The molecule has 0 radical (unpaired) electrons. The molecule has 0 unspecified atom stereocenters. The van der Waals surface area contributed by atoms with E-state index >= 15 is 0 Å². The Morgan fingerprint density at radius 2 is 1.43 bits per heavy atom. The summed E-state index contributed by atoms with van der Waals surface area (Å²) in [5.41, 5.74) is 2.22. The summed E-state index contributed by atoms with van der Waals surface area (Å²) in [6.45, 7) is 0. The van der Waals surface area contributed by atoms with Crippen molar-refractivity contribution in [3.63, 3.8) is 0 Å². The van der Waals surface area contributed by atoms with Crippen molar-refractivity contribution >= 4 is 7.92 Å². The number of hydrogen-bond donors (Lipinski definition) is 0. The van der Waals surface area contributed by atoms with Crippen molar-refractivity contribution in [2.45, 2.75) is 24.7 Å². The Balaban J connectivity index is 1.96. The van der Waals surface area contributed by atoms with E-state index in [9.17, 15) is 0 Å². The Labute approximate surface area is 87.5 Å². The van der Waals surface area contributed by atoms with Gasteiger partial charge < -0.3 is 0 Å². The molecular formula is C13H17P. The van der Waals surface area contributed by atoms with Gasteiger partial charge in [-0.3, -0.25) is 0 Å². The molecule has 2 bridgehead atoms. The van der Waals surface area contributed by atoms with Crippen LogP contribution in [0.3, 0.4) is 0 Å². The summed E-state index contributed by atoms with van der Waals surface area (Å²) in [5, 5.41) is 0. The van der Waals surface area contributed by atoms with Crippen LogP contribution in [-0.4, -0.2) is 18.5 Å². The van der Waals surface area contributed by atoms with Crippen LogP contribution in [0.25, 0.3) is 0 Å². The molecule has 1 aromatic rings. The Morgan fingerprint density at radius 3 is 2.00 bits per heavy atom. The zero-order valence-corrected chi connectivity index (χ0v) is 9.47. The van der Waals surface area contributed by atoms with Crippen LogP contribution >= 0.6 is 7.92 Å². The van der Waals surface area contributed by atoms with Crippen LogP contribution in [0.1, 0.15) is 24.8 Å². The maximum atomic E-state index is 2.35. The molecule has 3 fully saturated rings. The molecule has 74 valence electrons. The lowest BCUT2D eigenvalue weighted by Crippen LogP contribution is -2.37. The van der Waals surface area contributed by atoms with Gasteiger partial charge in [0.15, 0.2) is 0 Å². The summed E-state index contributed by atoms with van der Waals surface area (Å²) in [6, 6.07) is 11.2. The van der Waals surface area contributed by atoms with Gasteiger partial charge in [-0.25, -0.2) is 0 Å². The molecule has 0 amide bonds. The molecule has 0 N–H and O–H groups in total. The summed E-state index contributed by atoms with van der Waals surface area (Å²) in [4.78, 5) is 0. The van der Waals surface area contributed by atoms with Crippen molar-refractivity contribution in [3.8, 4) is 0 Å². The molecule has 0 atom stereocenters. The van der Waals surface area contributed by atoms with E-state index < -0.39 is 0 Å². The SMILES string of the molecule is c1ccc(C23CCP(CC2)CC3)cc1. The third-order valence-corrected chi connectivity index (χ3v) is 6.67. The molecule has 0 spiro atoms. The van der Waals surface area contributed by atoms with E-state index in [4.69, 9.17) is 0 Å². The van der Waals surface area contributed by atoms with E-state index in [-0.39, 0.29) is 0 Å². The minimum atomic E-state index is 0.474.